The topological polar surface area (TPSA) is 53.5 Å². The second-order valence-corrected chi connectivity index (χ2v) is 3.85. The van der Waals surface area contributed by atoms with E-state index < -0.39 is 0 Å². The summed E-state index contributed by atoms with van der Waals surface area (Å²) in [4.78, 5) is 8.24. The maximum atomic E-state index is 5.87. The quantitative estimate of drug-likeness (QED) is 0.703. The molecule has 0 aromatic carbocycles. The molecule has 0 aliphatic heterocycles. The SMILES string of the molecule is CCOCc1nc(Cl)cc(OC(C)COC)n1. The van der Waals surface area contributed by atoms with Crippen molar-refractivity contribution in [3.8, 4) is 5.88 Å². The number of hydrogen-bond donors (Lipinski definition) is 0. The van der Waals surface area contributed by atoms with Gasteiger partial charge < -0.3 is 14.2 Å². The maximum absolute atomic E-state index is 5.87. The van der Waals surface area contributed by atoms with Crippen molar-refractivity contribution < 1.29 is 14.2 Å². The molecule has 17 heavy (non-hydrogen) atoms. The first-order valence-electron chi connectivity index (χ1n) is 5.42. The molecule has 0 aliphatic carbocycles. The molecule has 5 nitrogen and oxygen atoms in total. The van der Waals surface area contributed by atoms with Crippen molar-refractivity contribution in [3.05, 3.63) is 17.0 Å². The molecule has 1 aromatic rings. The molecule has 0 saturated carbocycles. The van der Waals surface area contributed by atoms with Crippen LogP contribution in [0.4, 0.5) is 0 Å². The van der Waals surface area contributed by atoms with Crippen LogP contribution in [0.3, 0.4) is 0 Å². The van der Waals surface area contributed by atoms with Gasteiger partial charge in [-0.15, -0.1) is 0 Å². The van der Waals surface area contributed by atoms with Crippen LogP contribution < -0.4 is 4.74 Å². The zero-order chi connectivity index (χ0) is 12.7. The standard InChI is InChI=1S/C11H17ClN2O3/c1-4-16-7-10-13-9(12)5-11(14-10)17-8(2)6-15-3/h5,8H,4,6-7H2,1-3H3. The summed E-state index contributed by atoms with van der Waals surface area (Å²) in [5.41, 5.74) is 0. The molecule has 6 heteroatoms. The number of nitrogens with zero attached hydrogens (tertiary/aromatic N) is 2. The van der Waals surface area contributed by atoms with Crippen LogP contribution in [0, 0.1) is 0 Å². The zero-order valence-electron chi connectivity index (χ0n) is 10.3. The molecule has 1 atom stereocenters. The van der Waals surface area contributed by atoms with Gasteiger partial charge in [-0.3, -0.25) is 0 Å². The van der Waals surface area contributed by atoms with E-state index in [1.54, 1.807) is 13.2 Å². The average molecular weight is 261 g/mol. The summed E-state index contributed by atoms with van der Waals surface area (Å²) < 4.78 is 15.7. The summed E-state index contributed by atoms with van der Waals surface area (Å²) >= 11 is 5.87. The summed E-state index contributed by atoms with van der Waals surface area (Å²) in [5.74, 6) is 0.947. The van der Waals surface area contributed by atoms with E-state index in [0.717, 1.165) is 0 Å². The fourth-order valence-electron chi connectivity index (χ4n) is 1.24. The van der Waals surface area contributed by atoms with E-state index in [1.165, 1.54) is 0 Å². The summed E-state index contributed by atoms with van der Waals surface area (Å²) in [6.07, 6.45) is -0.0917. The van der Waals surface area contributed by atoms with E-state index in [2.05, 4.69) is 9.97 Å². The van der Waals surface area contributed by atoms with Crippen LogP contribution in [0.1, 0.15) is 19.7 Å². The Labute approximate surface area is 106 Å². The van der Waals surface area contributed by atoms with Gasteiger partial charge in [-0.1, -0.05) is 11.6 Å². The molecule has 0 spiro atoms. The molecular weight excluding hydrogens is 244 g/mol. The number of ether oxygens (including phenoxy) is 3. The lowest BCUT2D eigenvalue weighted by Crippen LogP contribution is -2.19. The predicted octanol–water partition coefficient (Wildman–Crippen LogP) is 2.08. The van der Waals surface area contributed by atoms with E-state index in [-0.39, 0.29) is 6.10 Å². The molecule has 96 valence electrons. The molecule has 1 unspecified atom stereocenters. The van der Waals surface area contributed by atoms with Gasteiger partial charge in [-0.05, 0) is 13.8 Å². The predicted molar refractivity (Wildman–Crippen MR) is 64.3 cm³/mol. The second-order valence-electron chi connectivity index (χ2n) is 3.47. The van der Waals surface area contributed by atoms with E-state index in [4.69, 9.17) is 25.8 Å². The van der Waals surface area contributed by atoms with Crippen LogP contribution >= 0.6 is 11.6 Å². The fourth-order valence-corrected chi connectivity index (χ4v) is 1.43. The van der Waals surface area contributed by atoms with Crippen LogP contribution in [0.25, 0.3) is 0 Å². The first-order valence-corrected chi connectivity index (χ1v) is 5.80. The molecule has 0 N–H and O–H groups in total. The van der Waals surface area contributed by atoms with E-state index in [0.29, 0.717) is 36.7 Å². The maximum Gasteiger partial charge on any atom is 0.218 e. The van der Waals surface area contributed by atoms with E-state index in [9.17, 15) is 0 Å². The Kier molecular flexibility index (Phi) is 6.18. The summed E-state index contributed by atoms with van der Waals surface area (Å²) in [6, 6.07) is 1.57. The Morgan fingerprint density at radius 3 is 2.82 bits per heavy atom. The third-order valence-corrected chi connectivity index (χ3v) is 2.07. The van der Waals surface area contributed by atoms with Crippen molar-refractivity contribution in [1.29, 1.82) is 0 Å². The molecular formula is C11H17ClN2O3. The third kappa shape index (κ3) is 5.30. The highest BCUT2D eigenvalue weighted by molar-refractivity contribution is 6.29. The van der Waals surface area contributed by atoms with Gasteiger partial charge >= 0.3 is 0 Å². The molecule has 0 radical (unpaired) electrons. The Bertz CT molecular complexity index is 349. The summed E-state index contributed by atoms with van der Waals surface area (Å²) in [5, 5.41) is 0.342. The lowest BCUT2D eigenvalue weighted by molar-refractivity contribution is 0.0873. The number of methoxy groups -OCH3 is 1. The minimum atomic E-state index is -0.0917. The van der Waals surface area contributed by atoms with Gasteiger partial charge in [0, 0.05) is 19.8 Å². The largest absolute Gasteiger partial charge is 0.472 e. The van der Waals surface area contributed by atoms with Gasteiger partial charge in [0.15, 0.2) is 5.82 Å². The first kappa shape index (κ1) is 14.2. The van der Waals surface area contributed by atoms with Gasteiger partial charge in [-0.2, -0.15) is 4.98 Å². The Balaban J connectivity index is 2.67. The van der Waals surface area contributed by atoms with Crippen LogP contribution in [0.15, 0.2) is 6.07 Å². The van der Waals surface area contributed by atoms with E-state index in [1.807, 2.05) is 13.8 Å². The summed E-state index contributed by atoms with van der Waals surface area (Å²) in [7, 11) is 1.62. The number of aromatic nitrogens is 2. The van der Waals surface area contributed by atoms with Crippen molar-refractivity contribution in [2.24, 2.45) is 0 Å². The zero-order valence-corrected chi connectivity index (χ0v) is 11.0. The van der Waals surface area contributed by atoms with Gasteiger partial charge in [0.25, 0.3) is 0 Å². The van der Waals surface area contributed by atoms with Crippen molar-refractivity contribution >= 4 is 11.6 Å². The molecule has 1 rings (SSSR count). The second kappa shape index (κ2) is 7.42. The van der Waals surface area contributed by atoms with Crippen LogP contribution in [0.5, 0.6) is 5.88 Å². The highest BCUT2D eigenvalue weighted by Gasteiger charge is 2.08. The Morgan fingerprint density at radius 1 is 1.41 bits per heavy atom. The first-order chi connectivity index (χ1) is 8.15. The van der Waals surface area contributed by atoms with Crippen molar-refractivity contribution in [2.45, 2.75) is 26.6 Å². The lowest BCUT2D eigenvalue weighted by Gasteiger charge is -2.13. The minimum absolute atomic E-state index is 0.0917. The molecule has 1 aromatic heterocycles. The molecule has 0 aliphatic rings. The highest BCUT2D eigenvalue weighted by Crippen LogP contribution is 2.15. The lowest BCUT2D eigenvalue weighted by atomic mass is 10.4. The van der Waals surface area contributed by atoms with Crippen molar-refractivity contribution in [3.63, 3.8) is 0 Å². The molecule has 0 fully saturated rings. The minimum Gasteiger partial charge on any atom is -0.472 e. The van der Waals surface area contributed by atoms with Crippen molar-refractivity contribution in [2.75, 3.05) is 20.3 Å². The Morgan fingerprint density at radius 2 is 2.18 bits per heavy atom. The van der Waals surface area contributed by atoms with Gasteiger partial charge in [0.1, 0.15) is 17.9 Å². The van der Waals surface area contributed by atoms with Crippen molar-refractivity contribution in [1.82, 2.24) is 9.97 Å². The van der Waals surface area contributed by atoms with Gasteiger partial charge in [-0.25, -0.2) is 4.98 Å². The van der Waals surface area contributed by atoms with Crippen LogP contribution in [0.2, 0.25) is 5.15 Å². The monoisotopic (exact) mass is 260 g/mol. The molecule has 0 amide bonds. The van der Waals surface area contributed by atoms with Gasteiger partial charge in [0.05, 0.1) is 6.61 Å². The molecule has 0 saturated heterocycles. The smallest absolute Gasteiger partial charge is 0.218 e. The number of rotatable bonds is 7. The van der Waals surface area contributed by atoms with E-state index >= 15 is 0 Å². The molecule has 0 bridgehead atoms. The Hall–Kier alpha value is -0.910. The third-order valence-electron chi connectivity index (χ3n) is 1.88. The van der Waals surface area contributed by atoms with Crippen LogP contribution in [-0.4, -0.2) is 36.4 Å². The molecule has 1 heterocycles. The van der Waals surface area contributed by atoms with Crippen LogP contribution in [-0.2, 0) is 16.1 Å². The summed E-state index contributed by atoms with van der Waals surface area (Å²) in [6.45, 7) is 5.21. The normalized spacial score (nSPS) is 12.5. The number of hydrogen-bond acceptors (Lipinski definition) is 5. The highest BCUT2D eigenvalue weighted by atomic mass is 35.5. The number of halogens is 1. The van der Waals surface area contributed by atoms with Gasteiger partial charge in [0.2, 0.25) is 5.88 Å². The average Bonchev–Trinajstić information content (AvgIpc) is 2.25. The fraction of sp³-hybridized carbons (Fsp3) is 0.636.